The summed E-state index contributed by atoms with van der Waals surface area (Å²) in [6, 6.07) is 6.09. The molecule has 2 aliphatic rings. The zero-order valence-electron chi connectivity index (χ0n) is 14.5. The highest BCUT2D eigenvalue weighted by Gasteiger charge is 2.39. The van der Waals surface area contributed by atoms with E-state index in [9.17, 15) is 23.1 Å². The van der Waals surface area contributed by atoms with Gasteiger partial charge in [-0.2, -0.15) is 4.31 Å². The summed E-state index contributed by atoms with van der Waals surface area (Å²) >= 11 is 0. The number of carbonyl (C=O) groups is 2. The number of benzene rings is 1. The molecular formula is C17H22N2O6S. The molecule has 1 aromatic carbocycles. The fraction of sp³-hybridized carbons (Fsp3) is 0.529. The first kappa shape index (κ1) is 18.8. The Bertz CT molecular complexity index is 803. The van der Waals surface area contributed by atoms with Crippen molar-refractivity contribution in [1.29, 1.82) is 0 Å². The molecule has 0 bridgehead atoms. The van der Waals surface area contributed by atoms with E-state index >= 15 is 0 Å². The fourth-order valence-electron chi connectivity index (χ4n) is 3.42. The van der Waals surface area contributed by atoms with Crippen LogP contribution in [-0.4, -0.2) is 74.0 Å². The predicted molar refractivity (Wildman–Crippen MR) is 92.2 cm³/mol. The number of aliphatic carboxylic acids is 1. The van der Waals surface area contributed by atoms with Gasteiger partial charge in [0, 0.05) is 26.2 Å². The largest absolute Gasteiger partial charge is 0.481 e. The third-order valence-corrected chi connectivity index (χ3v) is 6.88. The van der Waals surface area contributed by atoms with Crippen molar-refractivity contribution in [2.24, 2.45) is 11.8 Å². The molecule has 1 amide bonds. The van der Waals surface area contributed by atoms with Crippen LogP contribution in [0.15, 0.2) is 29.2 Å². The first-order valence-electron chi connectivity index (χ1n) is 8.51. The van der Waals surface area contributed by atoms with E-state index in [4.69, 9.17) is 4.74 Å². The molecule has 0 unspecified atom stereocenters. The number of ether oxygens (including phenoxy) is 1. The van der Waals surface area contributed by atoms with Crippen LogP contribution in [0.25, 0.3) is 0 Å². The number of hydrogen-bond acceptors (Lipinski definition) is 5. The van der Waals surface area contributed by atoms with Crippen LogP contribution >= 0.6 is 0 Å². The molecule has 2 atom stereocenters. The van der Waals surface area contributed by atoms with Gasteiger partial charge in [0.05, 0.1) is 29.6 Å². The Morgan fingerprint density at radius 2 is 1.81 bits per heavy atom. The minimum absolute atomic E-state index is 0.0432. The molecule has 0 aliphatic carbocycles. The lowest BCUT2D eigenvalue weighted by molar-refractivity contribution is -0.142. The number of rotatable bonds is 4. The predicted octanol–water partition coefficient (Wildman–Crippen LogP) is 0.500. The molecule has 0 saturated carbocycles. The van der Waals surface area contributed by atoms with Gasteiger partial charge < -0.3 is 14.7 Å². The normalized spacial score (nSPS) is 24.6. The van der Waals surface area contributed by atoms with Crippen LogP contribution in [0.3, 0.4) is 0 Å². The van der Waals surface area contributed by atoms with E-state index in [0.717, 1.165) is 0 Å². The van der Waals surface area contributed by atoms with Crippen molar-refractivity contribution < 1.29 is 27.9 Å². The lowest BCUT2D eigenvalue weighted by Gasteiger charge is -2.27. The van der Waals surface area contributed by atoms with E-state index in [1.165, 1.54) is 21.3 Å². The average Bonchev–Trinajstić information content (AvgIpc) is 3.04. The number of amides is 1. The Morgan fingerprint density at radius 3 is 2.42 bits per heavy atom. The smallest absolute Gasteiger partial charge is 0.308 e. The van der Waals surface area contributed by atoms with Crippen molar-refractivity contribution in [3.8, 4) is 0 Å². The van der Waals surface area contributed by atoms with E-state index < -0.39 is 27.8 Å². The quantitative estimate of drug-likeness (QED) is 0.813. The molecule has 8 nitrogen and oxygen atoms in total. The van der Waals surface area contributed by atoms with Crippen molar-refractivity contribution in [2.45, 2.75) is 11.8 Å². The van der Waals surface area contributed by atoms with Crippen molar-refractivity contribution in [3.63, 3.8) is 0 Å². The zero-order chi connectivity index (χ0) is 18.9. The number of morpholine rings is 1. The first-order valence-corrected chi connectivity index (χ1v) is 9.95. The third kappa shape index (κ3) is 3.46. The van der Waals surface area contributed by atoms with Crippen molar-refractivity contribution >= 4 is 21.9 Å². The van der Waals surface area contributed by atoms with Crippen molar-refractivity contribution in [3.05, 3.63) is 29.8 Å². The van der Waals surface area contributed by atoms with Crippen LogP contribution in [0, 0.1) is 11.8 Å². The van der Waals surface area contributed by atoms with Crippen LogP contribution in [-0.2, 0) is 19.6 Å². The summed E-state index contributed by atoms with van der Waals surface area (Å²) in [6.07, 6.45) is 0. The van der Waals surface area contributed by atoms with Crippen LogP contribution in [0.2, 0.25) is 0 Å². The molecule has 0 radical (unpaired) electrons. The van der Waals surface area contributed by atoms with Gasteiger partial charge in [0.1, 0.15) is 0 Å². The van der Waals surface area contributed by atoms with Gasteiger partial charge in [0.15, 0.2) is 0 Å². The number of carbonyl (C=O) groups excluding carboxylic acids is 1. The van der Waals surface area contributed by atoms with Gasteiger partial charge in [-0.05, 0) is 18.1 Å². The second-order valence-electron chi connectivity index (χ2n) is 6.64. The van der Waals surface area contributed by atoms with Crippen molar-refractivity contribution in [1.82, 2.24) is 9.21 Å². The number of carboxylic acid groups (broad SMARTS) is 1. The summed E-state index contributed by atoms with van der Waals surface area (Å²) in [4.78, 5) is 25.6. The highest BCUT2D eigenvalue weighted by molar-refractivity contribution is 7.89. The van der Waals surface area contributed by atoms with Gasteiger partial charge in [-0.15, -0.1) is 0 Å². The minimum atomic E-state index is -3.82. The lowest BCUT2D eigenvalue weighted by Crippen LogP contribution is -2.41. The average molecular weight is 382 g/mol. The standard InChI is InChI=1S/C17H22N2O6S/c1-12-10-18(11-14(12)17(21)22)16(20)13-4-2-3-5-15(13)26(23,24)19-6-8-25-9-7-19/h2-5,12,14H,6-11H2,1H3,(H,21,22)/t12-,14-/m1/s1. The molecular weight excluding hydrogens is 360 g/mol. The summed E-state index contributed by atoms with van der Waals surface area (Å²) in [7, 11) is -3.82. The molecule has 1 aromatic rings. The Labute approximate surface area is 152 Å². The molecule has 0 aromatic heterocycles. The van der Waals surface area contributed by atoms with Crippen LogP contribution < -0.4 is 0 Å². The number of nitrogens with zero attached hydrogens (tertiary/aromatic N) is 2. The second-order valence-corrected chi connectivity index (χ2v) is 8.55. The minimum Gasteiger partial charge on any atom is -0.481 e. The van der Waals surface area contributed by atoms with E-state index in [-0.39, 0.29) is 36.0 Å². The molecule has 1 N–H and O–H groups in total. The Kier molecular flexibility index (Phi) is 5.31. The van der Waals surface area contributed by atoms with Gasteiger partial charge in [-0.3, -0.25) is 9.59 Å². The molecule has 142 valence electrons. The highest BCUT2D eigenvalue weighted by Crippen LogP contribution is 2.28. The Morgan fingerprint density at radius 1 is 1.15 bits per heavy atom. The first-order chi connectivity index (χ1) is 12.3. The van der Waals surface area contributed by atoms with Gasteiger partial charge in [0.2, 0.25) is 10.0 Å². The highest BCUT2D eigenvalue weighted by atomic mass is 32.2. The summed E-state index contributed by atoms with van der Waals surface area (Å²) in [5.41, 5.74) is 0.0808. The molecule has 2 heterocycles. The van der Waals surface area contributed by atoms with E-state index in [0.29, 0.717) is 19.8 Å². The van der Waals surface area contributed by atoms with Crippen LogP contribution in [0.5, 0.6) is 0 Å². The summed E-state index contributed by atoms with van der Waals surface area (Å²) in [5, 5.41) is 9.26. The molecule has 2 fully saturated rings. The number of likely N-dealkylation sites (tertiary alicyclic amines) is 1. The van der Waals surface area contributed by atoms with E-state index in [1.807, 2.05) is 0 Å². The molecule has 2 aliphatic heterocycles. The Hall–Kier alpha value is -1.97. The Balaban J connectivity index is 1.90. The third-order valence-electron chi connectivity index (χ3n) is 4.92. The summed E-state index contributed by atoms with van der Waals surface area (Å²) in [6.45, 7) is 3.28. The SMILES string of the molecule is C[C@@H]1CN(C(=O)c2ccccc2S(=O)(=O)N2CCOCC2)C[C@H]1C(=O)O. The monoisotopic (exact) mass is 382 g/mol. The van der Waals surface area contributed by atoms with Gasteiger partial charge in [-0.25, -0.2) is 8.42 Å². The second kappa shape index (κ2) is 7.34. The summed E-state index contributed by atoms with van der Waals surface area (Å²) < 4.78 is 32.5. The van der Waals surface area contributed by atoms with E-state index in [2.05, 4.69) is 0 Å². The fourth-order valence-corrected chi connectivity index (χ4v) is 5.01. The van der Waals surface area contributed by atoms with E-state index in [1.54, 1.807) is 19.1 Å². The van der Waals surface area contributed by atoms with Crippen LogP contribution in [0.1, 0.15) is 17.3 Å². The molecule has 0 spiro atoms. The summed E-state index contributed by atoms with van der Waals surface area (Å²) in [5.74, 6) is -2.21. The molecule has 26 heavy (non-hydrogen) atoms. The lowest BCUT2D eigenvalue weighted by atomic mass is 9.99. The van der Waals surface area contributed by atoms with Crippen LogP contribution in [0.4, 0.5) is 0 Å². The van der Waals surface area contributed by atoms with Gasteiger partial charge >= 0.3 is 5.97 Å². The van der Waals surface area contributed by atoms with Crippen molar-refractivity contribution in [2.75, 3.05) is 39.4 Å². The molecule has 9 heteroatoms. The maximum Gasteiger partial charge on any atom is 0.308 e. The van der Waals surface area contributed by atoms with Gasteiger partial charge in [0.25, 0.3) is 5.91 Å². The molecule has 2 saturated heterocycles. The van der Waals surface area contributed by atoms with Gasteiger partial charge in [-0.1, -0.05) is 19.1 Å². The number of hydrogen-bond donors (Lipinski definition) is 1. The topological polar surface area (TPSA) is 104 Å². The number of sulfonamides is 1. The molecule has 3 rings (SSSR count). The maximum absolute atomic E-state index is 13.0. The number of carboxylic acids is 1. The maximum atomic E-state index is 13.0. The zero-order valence-corrected chi connectivity index (χ0v) is 15.3.